The molecule has 1 fully saturated rings. The van der Waals surface area contributed by atoms with Crippen molar-refractivity contribution in [1.82, 2.24) is 14.9 Å². The summed E-state index contributed by atoms with van der Waals surface area (Å²) >= 11 is 1.57. The van der Waals surface area contributed by atoms with E-state index >= 15 is 0 Å². The van der Waals surface area contributed by atoms with Crippen LogP contribution in [0.2, 0.25) is 0 Å². The number of piperidine rings is 1. The second-order valence-corrected chi connectivity index (χ2v) is 8.87. The molecule has 5 heteroatoms. The van der Waals surface area contributed by atoms with Crippen LogP contribution in [-0.4, -0.2) is 33.9 Å². The zero-order valence-corrected chi connectivity index (χ0v) is 17.4. The first kappa shape index (κ1) is 18.8. The standard InChI is InChI=1S/C23H25N3OS/c1-15-6-4-7-18(12-15)20-13-24-17(3)25-22(20)19-8-5-11-26(14-19)23(27)21-10-9-16(2)28-21/h4,6-7,9-10,12-13,19H,5,8,11,14H2,1-3H3. The van der Waals surface area contributed by atoms with Gasteiger partial charge in [0, 0.05) is 35.6 Å². The molecule has 1 aliphatic rings. The van der Waals surface area contributed by atoms with Crippen LogP contribution < -0.4 is 0 Å². The van der Waals surface area contributed by atoms with Crippen LogP contribution in [0.25, 0.3) is 11.1 Å². The van der Waals surface area contributed by atoms with Crippen molar-refractivity contribution in [3.05, 3.63) is 69.4 Å². The quantitative estimate of drug-likeness (QED) is 0.620. The highest BCUT2D eigenvalue weighted by Crippen LogP contribution is 2.34. The summed E-state index contributed by atoms with van der Waals surface area (Å²) < 4.78 is 0. The lowest BCUT2D eigenvalue weighted by molar-refractivity contribution is 0.0711. The van der Waals surface area contributed by atoms with Crippen LogP contribution in [0.1, 0.15) is 50.4 Å². The number of amides is 1. The molecule has 1 atom stereocenters. The van der Waals surface area contributed by atoms with Gasteiger partial charge in [-0.3, -0.25) is 4.79 Å². The molecule has 0 saturated carbocycles. The maximum absolute atomic E-state index is 13.0. The number of carbonyl (C=O) groups excluding carboxylic acids is 1. The van der Waals surface area contributed by atoms with Crippen molar-refractivity contribution in [2.45, 2.75) is 39.5 Å². The summed E-state index contributed by atoms with van der Waals surface area (Å²) in [7, 11) is 0. The summed E-state index contributed by atoms with van der Waals surface area (Å²) in [5.74, 6) is 1.16. The van der Waals surface area contributed by atoms with Crippen molar-refractivity contribution in [2.75, 3.05) is 13.1 Å². The number of hydrogen-bond acceptors (Lipinski definition) is 4. The van der Waals surface area contributed by atoms with Gasteiger partial charge >= 0.3 is 0 Å². The predicted molar refractivity (Wildman–Crippen MR) is 114 cm³/mol. The third-order valence-corrected chi connectivity index (χ3v) is 6.30. The van der Waals surface area contributed by atoms with Crippen LogP contribution in [0.15, 0.2) is 42.6 Å². The molecule has 3 heterocycles. The number of benzene rings is 1. The van der Waals surface area contributed by atoms with Crippen molar-refractivity contribution in [2.24, 2.45) is 0 Å². The normalized spacial score (nSPS) is 17.0. The van der Waals surface area contributed by atoms with Crippen molar-refractivity contribution >= 4 is 17.2 Å². The summed E-state index contributed by atoms with van der Waals surface area (Å²) in [6.45, 7) is 7.60. The van der Waals surface area contributed by atoms with E-state index in [1.54, 1.807) is 11.3 Å². The van der Waals surface area contributed by atoms with E-state index in [1.807, 2.05) is 37.1 Å². The molecule has 4 nitrogen and oxygen atoms in total. The van der Waals surface area contributed by atoms with Crippen molar-refractivity contribution < 1.29 is 4.79 Å². The average Bonchev–Trinajstić information content (AvgIpc) is 3.14. The Hall–Kier alpha value is -2.53. The number of likely N-dealkylation sites (tertiary alicyclic amines) is 1. The monoisotopic (exact) mass is 391 g/mol. The molecule has 4 rings (SSSR count). The minimum atomic E-state index is 0.144. The van der Waals surface area contributed by atoms with E-state index in [4.69, 9.17) is 4.98 Å². The number of hydrogen-bond donors (Lipinski definition) is 0. The fraction of sp³-hybridized carbons (Fsp3) is 0.348. The molecule has 0 radical (unpaired) electrons. The molecule has 1 saturated heterocycles. The Bertz CT molecular complexity index is 1010. The molecule has 1 amide bonds. The van der Waals surface area contributed by atoms with Gasteiger partial charge in [-0.05, 0) is 51.3 Å². The average molecular weight is 392 g/mol. The molecule has 0 aliphatic carbocycles. The van der Waals surface area contributed by atoms with Gasteiger partial charge in [0.2, 0.25) is 0 Å². The van der Waals surface area contributed by atoms with E-state index in [0.717, 1.165) is 46.9 Å². The smallest absolute Gasteiger partial charge is 0.263 e. The van der Waals surface area contributed by atoms with Gasteiger partial charge < -0.3 is 4.90 Å². The molecular weight excluding hydrogens is 366 g/mol. The van der Waals surface area contributed by atoms with Crippen LogP contribution in [0.5, 0.6) is 0 Å². The highest BCUT2D eigenvalue weighted by molar-refractivity contribution is 7.13. The fourth-order valence-corrected chi connectivity index (χ4v) is 4.76. The molecule has 2 aromatic heterocycles. The Labute approximate surface area is 170 Å². The summed E-state index contributed by atoms with van der Waals surface area (Å²) in [4.78, 5) is 26.2. The summed E-state index contributed by atoms with van der Waals surface area (Å²) in [6, 6.07) is 12.4. The van der Waals surface area contributed by atoms with Gasteiger partial charge in [-0.1, -0.05) is 29.8 Å². The first-order chi connectivity index (χ1) is 13.5. The molecule has 1 unspecified atom stereocenters. The molecule has 0 bridgehead atoms. The Morgan fingerprint density at radius 3 is 2.79 bits per heavy atom. The zero-order chi connectivity index (χ0) is 19.7. The minimum Gasteiger partial charge on any atom is -0.337 e. The fourth-order valence-electron chi connectivity index (χ4n) is 3.92. The lowest BCUT2D eigenvalue weighted by atomic mass is 9.89. The van der Waals surface area contributed by atoms with Crippen LogP contribution in [0.4, 0.5) is 0 Å². The third-order valence-electron chi connectivity index (χ3n) is 5.31. The maximum Gasteiger partial charge on any atom is 0.263 e. The molecule has 1 aromatic carbocycles. The highest BCUT2D eigenvalue weighted by Gasteiger charge is 2.29. The Morgan fingerprint density at radius 2 is 2.04 bits per heavy atom. The number of aryl methyl sites for hydroxylation is 3. The molecular formula is C23H25N3OS. The number of nitrogens with zero attached hydrogens (tertiary/aromatic N) is 3. The molecule has 0 N–H and O–H groups in total. The number of aromatic nitrogens is 2. The largest absolute Gasteiger partial charge is 0.337 e. The molecule has 1 aliphatic heterocycles. The Kier molecular flexibility index (Phi) is 5.27. The summed E-state index contributed by atoms with van der Waals surface area (Å²) in [5, 5.41) is 0. The Morgan fingerprint density at radius 1 is 1.18 bits per heavy atom. The highest BCUT2D eigenvalue weighted by atomic mass is 32.1. The van der Waals surface area contributed by atoms with E-state index in [1.165, 1.54) is 10.4 Å². The molecule has 144 valence electrons. The third kappa shape index (κ3) is 3.85. The van der Waals surface area contributed by atoms with E-state index in [0.29, 0.717) is 6.54 Å². The van der Waals surface area contributed by atoms with Crippen LogP contribution in [-0.2, 0) is 0 Å². The molecule has 3 aromatic rings. The van der Waals surface area contributed by atoms with Crippen molar-refractivity contribution in [3.63, 3.8) is 0 Å². The van der Waals surface area contributed by atoms with Gasteiger partial charge in [0.1, 0.15) is 5.82 Å². The van der Waals surface area contributed by atoms with Gasteiger partial charge in [0.25, 0.3) is 5.91 Å². The maximum atomic E-state index is 13.0. The van der Waals surface area contributed by atoms with Gasteiger partial charge in [-0.2, -0.15) is 0 Å². The lowest BCUT2D eigenvalue weighted by Crippen LogP contribution is -2.39. The van der Waals surface area contributed by atoms with Crippen LogP contribution >= 0.6 is 11.3 Å². The second-order valence-electron chi connectivity index (χ2n) is 7.59. The van der Waals surface area contributed by atoms with Gasteiger partial charge in [0.05, 0.1) is 10.6 Å². The van der Waals surface area contributed by atoms with Crippen LogP contribution in [0.3, 0.4) is 0 Å². The van der Waals surface area contributed by atoms with E-state index in [-0.39, 0.29) is 11.8 Å². The van der Waals surface area contributed by atoms with Gasteiger partial charge in [-0.15, -0.1) is 11.3 Å². The minimum absolute atomic E-state index is 0.144. The van der Waals surface area contributed by atoms with Gasteiger partial charge in [-0.25, -0.2) is 9.97 Å². The summed E-state index contributed by atoms with van der Waals surface area (Å²) in [6.07, 6.45) is 3.98. The lowest BCUT2D eigenvalue weighted by Gasteiger charge is -2.33. The van der Waals surface area contributed by atoms with E-state index < -0.39 is 0 Å². The van der Waals surface area contributed by atoms with E-state index in [2.05, 4.69) is 36.2 Å². The first-order valence-corrected chi connectivity index (χ1v) is 10.6. The van der Waals surface area contributed by atoms with E-state index in [9.17, 15) is 4.79 Å². The molecule has 0 spiro atoms. The van der Waals surface area contributed by atoms with Crippen molar-refractivity contribution in [3.8, 4) is 11.1 Å². The Balaban J connectivity index is 1.65. The topological polar surface area (TPSA) is 46.1 Å². The number of thiophene rings is 1. The van der Waals surface area contributed by atoms with Gasteiger partial charge in [0.15, 0.2) is 0 Å². The zero-order valence-electron chi connectivity index (χ0n) is 16.6. The first-order valence-electron chi connectivity index (χ1n) is 9.77. The SMILES string of the molecule is Cc1cccc(-c2cnc(C)nc2C2CCCN(C(=O)c3ccc(C)s3)C2)c1. The van der Waals surface area contributed by atoms with Crippen LogP contribution in [0, 0.1) is 20.8 Å². The second kappa shape index (κ2) is 7.84. The predicted octanol–water partition coefficient (Wildman–Crippen LogP) is 5.15. The summed E-state index contributed by atoms with van der Waals surface area (Å²) in [5.41, 5.74) is 4.52. The number of rotatable bonds is 3. The van der Waals surface area contributed by atoms with Crippen molar-refractivity contribution in [1.29, 1.82) is 0 Å². The molecule has 28 heavy (non-hydrogen) atoms. The number of carbonyl (C=O) groups is 1.